The molecule has 1 heterocycles. The molecule has 1 amide bonds. The SMILES string of the molecule is C#CCN1CCCCC1C(=O)NCCN(CC)c1ccccc1C. The molecule has 1 aliphatic heterocycles. The van der Waals surface area contributed by atoms with Crippen LogP contribution in [0.25, 0.3) is 0 Å². The van der Waals surface area contributed by atoms with Crippen molar-refractivity contribution < 1.29 is 4.79 Å². The van der Waals surface area contributed by atoms with E-state index in [0.29, 0.717) is 13.1 Å². The van der Waals surface area contributed by atoms with Gasteiger partial charge in [0.1, 0.15) is 0 Å². The summed E-state index contributed by atoms with van der Waals surface area (Å²) in [6, 6.07) is 8.30. The number of nitrogens with one attached hydrogen (secondary N) is 1. The molecule has 1 fully saturated rings. The fraction of sp³-hybridized carbons (Fsp3) is 0.550. The maximum absolute atomic E-state index is 12.5. The largest absolute Gasteiger partial charge is 0.370 e. The summed E-state index contributed by atoms with van der Waals surface area (Å²) in [6.45, 7) is 8.14. The Morgan fingerprint density at radius 3 is 2.92 bits per heavy atom. The van der Waals surface area contributed by atoms with Crippen LogP contribution in [0, 0.1) is 19.3 Å². The van der Waals surface area contributed by atoms with Gasteiger partial charge in [0.2, 0.25) is 5.91 Å². The van der Waals surface area contributed by atoms with Gasteiger partial charge in [0.15, 0.2) is 0 Å². The van der Waals surface area contributed by atoms with Gasteiger partial charge in [0.05, 0.1) is 12.6 Å². The highest BCUT2D eigenvalue weighted by atomic mass is 16.2. The van der Waals surface area contributed by atoms with Crippen LogP contribution in [0.1, 0.15) is 31.7 Å². The van der Waals surface area contributed by atoms with Crippen LogP contribution in [0.4, 0.5) is 5.69 Å². The lowest BCUT2D eigenvalue weighted by atomic mass is 10.0. The van der Waals surface area contributed by atoms with Crippen molar-refractivity contribution in [3.05, 3.63) is 29.8 Å². The summed E-state index contributed by atoms with van der Waals surface area (Å²) in [4.78, 5) is 16.9. The molecule has 1 aliphatic rings. The number of rotatable bonds is 7. The molecule has 2 rings (SSSR count). The molecule has 1 aromatic rings. The molecule has 0 radical (unpaired) electrons. The number of carbonyl (C=O) groups excluding carboxylic acids is 1. The van der Waals surface area contributed by atoms with Crippen LogP contribution in [-0.4, -0.2) is 49.6 Å². The average Bonchev–Trinajstić information content (AvgIpc) is 2.60. The van der Waals surface area contributed by atoms with Crippen molar-refractivity contribution in [2.24, 2.45) is 0 Å². The van der Waals surface area contributed by atoms with Gasteiger partial charge in [0.25, 0.3) is 0 Å². The summed E-state index contributed by atoms with van der Waals surface area (Å²) >= 11 is 0. The van der Waals surface area contributed by atoms with Crippen LogP contribution in [0.2, 0.25) is 0 Å². The van der Waals surface area contributed by atoms with E-state index in [0.717, 1.165) is 38.9 Å². The predicted molar refractivity (Wildman–Crippen MR) is 100 cm³/mol. The zero-order valence-corrected chi connectivity index (χ0v) is 14.9. The van der Waals surface area contributed by atoms with E-state index in [1.165, 1.54) is 11.3 Å². The summed E-state index contributed by atoms with van der Waals surface area (Å²) in [5, 5.41) is 3.10. The monoisotopic (exact) mass is 327 g/mol. The van der Waals surface area contributed by atoms with Crippen LogP contribution in [0.5, 0.6) is 0 Å². The average molecular weight is 327 g/mol. The minimum atomic E-state index is -0.0664. The van der Waals surface area contributed by atoms with Crippen LogP contribution < -0.4 is 10.2 Å². The van der Waals surface area contributed by atoms with E-state index >= 15 is 0 Å². The van der Waals surface area contributed by atoms with E-state index in [9.17, 15) is 4.79 Å². The minimum absolute atomic E-state index is 0.0664. The van der Waals surface area contributed by atoms with E-state index < -0.39 is 0 Å². The molecule has 130 valence electrons. The van der Waals surface area contributed by atoms with E-state index in [2.05, 4.69) is 59.1 Å². The van der Waals surface area contributed by atoms with Crippen molar-refractivity contribution in [3.8, 4) is 12.3 Å². The van der Waals surface area contributed by atoms with E-state index in [4.69, 9.17) is 6.42 Å². The van der Waals surface area contributed by atoms with E-state index in [-0.39, 0.29) is 11.9 Å². The Morgan fingerprint density at radius 1 is 1.42 bits per heavy atom. The highest BCUT2D eigenvalue weighted by Crippen LogP contribution is 2.19. The number of hydrogen-bond donors (Lipinski definition) is 1. The smallest absolute Gasteiger partial charge is 0.237 e. The highest BCUT2D eigenvalue weighted by molar-refractivity contribution is 5.81. The molecule has 0 saturated carbocycles. The molecular weight excluding hydrogens is 298 g/mol. The summed E-state index contributed by atoms with van der Waals surface area (Å²) < 4.78 is 0. The molecular formula is C20H29N3O. The van der Waals surface area contributed by atoms with Crippen molar-refractivity contribution in [2.45, 2.75) is 39.2 Å². The number of benzene rings is 1. The molecule has 0 bridgehead atoms. The predicted octanol–water partition coefficient (Wildman–Crippen LogP) is 2.43. The lowest BCUT2D eigenvalue weighted by Crippen LogP contribution is -2.50. The lowest BCUT2D eigenvalue weighted by Gasteiger charge is -2.33. The third-order valence-electron chi connectivity index (χ3n) is 4.73. The fourth-order valence-electron chi connectivity index (χ4n) is 3.39. The highest BCUT2D eigenvalue weighted by Gasteiger charge is 2.27. The molecule has 0 aromatic heterocycles. The number of aryl methyl sites for hydroxylation is 1. The second-order valence-corrected chi connectivity index (χ2v) is 6.34. The zero-order chi connectivity index (χ0) is 17.4. The molecule has 1 aromatic carbocycles. The number of anilines is 1. The summed E-state index contributed by atoms with van der Waals surface area (Å²) in [5.74, 6) is 2.79. The first kappa shape index (κ1) is 18.4. The van der Waals surface area contributed by atoms with Gasteiger partial charge in [-0.2, -0.15) is 0 Å². The fourth-order valence-corrected chi connectivity index (χ4v) is 3.39. The van der Waals surface area contributed by atoms with Crippen molar-refractivity contribution in [1.29, 1.82) is 0 Å². The van der Waals surface area contributed by atoms with Crippen LogP contribution >= 0.6 is 0 Å². The molecule has 4 nitrogen and oxygen atoms in total. The third kappa shape index (κ3) is 4.75. The van der Waals surface area contributed by atoms with Crippen molar-refractivity contribution in [1.82, 2.24) is 10.2 Å². The standard InChI is InChI=1S/C20H29N3O/c1-4-14-23-15-9-8-12-19(23)20(24)21-13-16-22(5-2)18-11-7-6-10-17(18)3/h1,6-7,10-11,19H,5,8-9,12-16H2,2-3H3,(H,21,24). The molecule has 1 atom stereocenters. The number of terminal acetylenes is 1. The van der Waals surface area contributed by atoms with Gasteiger partial charge in [-0.05, 0) is 44.9 Å². The maximum Gasteiger partial charge on any atom is 0.237 e. The Bertz CT molecular complexity index is 578. The van der Waals surface area contributed by atoms with Crippen molar-refractivity contribution in [3.63, 3.8) is 0 Å². The molecule has 1 N–H and O–H groups in total. The van der Waals surface area contributed by atoms with E-state index in [1.54, 1.807) is 0 Å². The first-order valence-corrected chi connectivity index (χ1v) is 8.93. The number of piperidine rings is 1. The van der Waals surface area contributed by atoms with Crippen LogP contribution in [0.15, 0.2) is 24.3 Å². The van der Waals surface area contributed by atoms with Crippen molar-refractivity contribution in [2.75, 3.05) is 37.6 Å². The number of likely N-dealkylation sites (N-methyl/N-ethyl adjacent to an activating group) is 1. The molecule has 1 unspecified atom stereocenters. The normalized spacial score (nSPS) is 18.0. The number of amides is 1. The van der Waals surface area contributed by atoms with Gasteiger partial charge in [-0.15, -0.1) is 6.42 Å². The summed E-state index contributed by atoms with van der Waals surface area (Å²) in [7, 11) is 0. The minimum Gasteiger partial charge on any atom is -0.370 e. The topological polar surface area (TPSA) is 35.6 Å². The van der Waals surface area contributed by atoms with Gasteiger partial charge < -0.3 is 10.2 Å². The lowest BCUT2D eigenvalue weighted by molar-refractivity contribution is -0.127. The number of hydrogen-bond acceptors (Lipinski definition) is 3. The quantitative estimate of drug-likeness (QED) is 0.781. The second kappa shape index (κ2) is 9.34. The number of carbonyl (C=O) groups is 1. The summed E-state index contributed by atoms with van der Waals surface area (Å²) in [5.41, 5.74) is 2.50. The van der Waals surface area contributed by atoms with Gasteiger partial charge in [0, 0.05) is 25.3 Å². The number of likely N-dealkylation sites (tertiary alicyclic amines) is 1. The van der Waals surface area contributed by atoms with Crippen molar-refractivity contribution >= 4 is 11.6 Å². The van der Waals surface area contributed by atoms with Gasteiger partial charge in [-0.3, -0.25) is 9.69 Å². The molecule has 0 aliphatic carbocycles. The Labute approximate surface area is 146 Å². The summed E-state index contributed by atoms with van der Waals surface area (Å²) in [6.07, 6.45) is 8.56. The molecule has 4 heteroatoms. The Kier molecular flexibility index (Phi) is 7.14. The Morgan fingerprint density at radius 2 is 2.21 bits per heavy atom. The van der Waals surface area contributed by atoms with Crippen LogP contribution in [-0.2, 0) is 4.79 Å². The number of nitrogens with zero attached hydrogens (tertiary/aromatic N) is 2. The molecule has 0 spiro atoms. The Hall–Kier alpha value is -1.99. The molecule has 1 saturated heterocycles. The maximum atomic E-state index is 12.5. The Balaban J connectivity index is 1.87. The van der Waals surface area contributed by atoms with Gasteiger partial charge in [-0.1, -0.05) is 30.5 Å². The second-order valence-electron chi connectivity index (χ2n) is 6.34. The number of para-hydroxylation sites is 1. The van der Waals surface area contributed by atoms with Gasteiger partial charge in [-0.25, -0.2) is 0 Å². The third-order valence-corrected chi connectivity index (χ3v) is 4.73. The zero-order valence-electron chi connectivity index (χ0n) is 14.9. The van der Waals surface area contributed by atoms with Gasteiger partial charge >= 0.3 is 0 Å². The molecule has 24 heavy (non-hydrogen) atoms. The first-order chi connectivity index (χ1) is 11.7. The van der Waals surface area contributed by atoms with Crippen LogP contribution in [0.3, 0.4) is 0 Å². The van der Waals surface area contributed by atoms with E-state index in [1.807, 2.05) is 0 Å². The first-order valence-electron chi connectivity index (χ1n) is 8.93.